The van der Waals surface area contributed by atoms with Crippen molar-refractivity contribution >= 4 is 39.6 Å². The van der Waals surface area contributed by atoms with E-state index in [1.165, 1.54) is 16.0 Å². The fourth-order valence-electron chi connectivity index (χ4n) is 3.20. The molecule has 0 unspecified atom stereocenters. The Balaban J connectivity index is 0.000000815. The molecule has 4 aromatic rings. The van der Waals surface area contributed by atoms with Crippen molar-refractivity contribution in [2.45, 2.75) is 20.8 Å². The highest BCUT2D eigenvalue weighted by atomic mass is 15.0. The van der Waals surface area contributed by atoms with E-state index in [0.29, 0.717) is 0 Å². The Kier molecular flexibility index (Phi) is 4.48. The third-order valence-electron chi connectivity index (χ3n) is 4.10. The van der Waals surface area contributed by atoms with Crippen molar-refractivity contribution in [1.29, 1.82) is 0 Å². The van der Waals surface area contributed by atoms with Crippen molar-refractivity contribution in [2.75, 3.05) is 0 Å². The summed E-state index contributed by atoms with van der Waals surface area (Å²) in [7, 11) is 0. The van der Waals surface area contributed by atoms with E-state index in [1.54, 1.807) is 0 Å². The predicted octanol–water partition coefficient (Wildman–Crippen LogP) is 4.43. The molecule has 4 rings (SSSR count). The molecule has 0 saturated carbocycles. The number of hydrogen-bond donors (Lipinski definition) is 0. The molecular formula is C22H22N2. The second-order valence-electron chi connectivity index (χ2n) is 5.30. The van der Waals surface area contributed by atoms with E-state index in [0.717, 1.165) is 22.0 Å². The molecule has 0 saturated heterocycles. The largest absolute Gasteiger partial charge is 0.292 e. The van der Waals surface area contributed by atoms with E-state index in [-0.39, 0.29) is 0 Å². The average Bonchev–Trinajstić information content (AvgIpc) is 3.03. The van der Waals surface area contributed by atoms with E-state index in [9.17, 15) is 0 Å². The third-order valence-corrected chi connectivity index (χ3v) is 4.10. The number of hydrogen-bond acceptors (Lipinski definition) is 1. The van der Waals surface area contributed by atoms with Crippen LogP contribution in [0.15, 0.2) is 61.2 Å². The normalized spacial score (nSPS) is 12.6. The molecular weight excluding hydrogens is 292 g/mol. The molecule has 0 spiro atoms. The molecule has 2 heteroatoms. The van der Waals surface area contributed by atoms with Crippen LogP contribution in [0.5, 0.6) is 0 Å². The summed E-state index contributed by atoms with van der Waals surface area (Å²) in [4.78, 5) is 4.86. The van der Waals surface area contributed by atoms with Gasteiger partial charge in [-0.1, -0.05) is 69.0 Å². The number of fused-ring (bicyclic) bond motifs is 5. The maximum atomic E-state index is 4.86. The van der Waals surface area contributed by atoms with Gasteiger partial charge in [-0.05, 0) is 30.5 Å². The maximum absolute atomic E-state index is 4.86. The highest BCUT2D eigenvalue weighted by Gasteiger charge is 2.10. The molecule has 0 aliphatic rings. The molecule has 2 nitrogen and oxygen atoms in total. The number of nitrogens with zero attached hydrogens (tertiary/aromatic N) is 2. The molecule has 0 bridgehead atoms. The first-order valence-electron chi connectivity index (χ1n) is 8.42. The summed E-state index contributed by atoms with van der Waals surface area (Å²) < 4.78 is 2.23. The maximum Gasteiger partial charge on any atom is 0.146 e. The Morgan fingerprint density at radius 1 is 0.958 bits per heavy atom. The summed E-state index contributed by atoms with van der Waals surface area (Å²) in [5, 5.41) is 4.74. The minimum Gasteiger partial charge on any atom is -0.292 e. The molecule has 0 aliphatic heterocycles. The van der Waals surface area contributed by atoms with Crippen LogP contribution in [0, 0.1) is 0 Å². The number of imidazole rings is 1. The van der Waals surface area contributed by atoms with E-state index in [1.807, 2.05) is 26.0 Å². The van der Waals surface area contributed by atoms with Gasteiger partial charge in [-0.3, -0.25) is 4.40 Å². The van der Waals surface area contributed by atoms with E-state index in [2.05, 4.69) is 72.5 Å². The SMILES string of the molecule is C=C/C=c1\c(=C/C)c2ccccc2c2nc3ccccc3n12.CC. The number of allylic oxidation sites excluding steroid dienone is 1. The summed E-state index contributed by atoms with van der Waals surface area (Å²) in [6.45, 7) is 9.96. The lowest BCUT2D eigenvalue weighted by atomic mass is 10.1. The first kappa shape index (κ1) is 16.0. The number of benzene rings is 2. The van der Waals surface area contributed by atoms with Gasteiger partial charge in [-0.15, -0.1) is 0 Å². The van der Waals surface area contributed by atoms with Gasteiger partial charge in [-0.25, -0.2) is 4.98 Å². The van der Waals surface area contributed by atoms with Crippen LogP contribution in [0.3, 0.4) is 0 Å². The number of aromatic nitrogens is 2. The van der Waals surface area contributed by atoms with Gasteiger partial charge in [0.1, 0.15) is 5.65 Å². The van der Waals surface area contributed by atoms with Gasteiger partial charge < -0.3 is 0 Å². The molecule has 120 valence electrons. The first-order chi connectivity index (χ1) is 11.8. The van der Waals surface area contributed by atoms with Crippen molar-refractivity contribution in [3.05, 3.63) is 71.8 Å². The standard InChI is InChI=1S/C20H16N2.C2H6/c1-3-9-18-14(4-2)15-10-5-6-11-16(15)20-21-17-12-7-8-13-19(17)22(18)20;1-2/h3-13H,1H2,2H3;1-2H3/b14-4-,18-9+;. The van der Waals surface area contributed by atoms with Crippen molar-refractivity contribution in [3.8, 4) is 0 Å². The minimum atomic E-state index is 0.996. The quantitative estimate of drug-likeness (QED) is 0.508. The summed E-state index contributed by atoms with van der Waals surface area (Å²) in [6.07, 6.45) is 6.06. The van der Waals surface area contributed by atoms with Gasteiger partial charge in [0.05, 0.1) is 16.4 Å². The monoisotopic (exact) mass is 314 g/mol. The van der Waals surface area contributed by atoms with Gasteiger partial charge in [-0.2, -0.15) is 0 Å². The summed E-state index contributed by atoms with van der Waals surface area (Å²) in [5.74, 6) is 0. The van der Waals surface area contributed by atoms with Gasteiger partial charge in [0.15, 0.2) is 0 Å². The fourth-order valence-corrected chi connectivity index (χ4v) is 3.20. The van der Waals surface area contributed by atoms with E-state index < -0.39 is 0 Å². The molecule has 0 radical (unpaired) electrons. The zero-order valence-electron chi connectivity index (χ0n) is 14.5. The minimum absolute atomic E-state index is 0.996. The summed E-state index contributed by atoms with van der Waals surface area (Å²) >= 11 is 0. The van der Waals surface area contributed by atoms with E-state index >= 15 is 0 Å². The second kappa shape index (κ2) is 6.71. The highest BCUT2D eigenvalue weighted by molar-refractivity contribution is 5.98. The molecule has 0 aliphatic carbocycles. The topological polar surface area (TPSA) is 17.3 Å². The van der Waals surface area contributed by atoms with Crippen LogP contribution in [0.1, 0.15) is 20.8 Å². The summed E-state index contributed by atoms with van der Waals surface area (Å²) in [5.41, 5.74) is 3.13. The zero-order valence-corrected chi connectivity index (χ0v) is 14.5. The molecule has 24 heavy (non-hydrogen) atoms. The van der Waals surface area contributed by atoms with Crippen LogP contribution < -0.4 is 10.6 Å². The lowest BCUT2D eigenvalue weighted by Gasteiger charge is -2.05. The van der Waals surface area contributed by atoms with Crippen molar-refractivity contribution < 1.29 is 0 Å². The van der Waals surface area contributed by atoms with Gasteiger partial charge >= 0.3 is 0 Å². The van der Waals surface area contributed by atoms with Crippen molar-refractivity contribution in [1.82, 2.24) is 9.38 Å². The van der Waals surface area contributed by atoms with Crippen LogP contribution in [-0.4, -0.2) is 9.38 Å². The Morgan fingerprint density at radius 2 is 1.62 bits per heavy atom. The Morgan fingerprint density at radius 3 is 2.33 bits per heavy atom. The fraction of sp³-hybridized carbons (Fsp3) is 0.136. The molecule has 0 amide bonds. The van der Waals surface area contributed by atoms with Crippen LogP contribution >= 0.6 is 0 Å². The van der Waals surface area contributed by atoms with Crippen LogP contribution in [-0.2, 0) is 0 Å². The Bertz CT molecular complexity index is 1150. The average molecular weight is 314 g/mol. The van der Waals surface area contributed by atoms with Gasteiger partial charge in [0, 0.05) is 10.6 Å². The van der Waals surface area contributed by atoms with Crippen molar-refractivity contribution in [2.24, 2.45) is 0 Å². The molecule has 2 aromatic carbocycles. The van der Waals surface area contributed by atoms with Crippen LogP contribution in [0.4, 0.5) is 0 Å². The van der Waals surface area contributed by atoms with Gasteiger partial charge in [0.25, 0.3) is 0 Å². The smallest absolute Gasteiger partial charge is 0.146 e. The first-order valence-corrected chi connectivity index (χ1v) is 8.42. The van der Waals surface area contributed by atoms with Crippen molar-refractivity contribution in [3.63, 3.8) is 0 Å². The lowest BCUT2D eigenvalue weighted by molar-refractivity contribution is 1.16. The molecule has 0 fully saturated rings. The van der Waals surface area contributed by atoms with E-state index in [4.69, 9.17) is 4.98 Å². The second-order valence-corrected chi connectivity index (χ2v) is 5.30. The van der Waals surface area contributed by atoms with Gasteiger partial charge in [0.2, 0.25) is 0 Å². The van der Waals surface area contributed by atoms with Crippen LogP contribution in [0.2, 0.25) is 0 Å². The summed E-state index contributed by atoms with van der Waals surface area (Å²) in [6, 6.07) is 16.7. The number of para-hydroxylation sites is 2. The molecule has 2 aromatic heterocycles. The molecule has 2 heterocycles. The predicted molar refractivity (Wildman–Crippen MR) is 106 cm³/mol. The molecule has 0 N–H and O–H groups in total. The Hall–Kier alpha value is -2.87. The zero-order chi connectivity index (χ0) is 17.1. The molecule has 0 atom stereocenters. The Labute approximate surface area is 142 Å². The number of rotatable bonds is 1. The highest BCUT2D eigenvalue weighted by Crippen LogP contribution is 2.20. The van der Waals surface area contributed by atoms with Crippen LogP contribution in [0.25, 0.3) is 39.6 Å². The lowest BCUT2D eigenvalue weighted by Crippen LogP contribution is -2.32. The third kappa shape index (κ3) is 2.31. The number of pyridine rings is 1.